The second kappa shape index (κ2) is 9.20. The molecular weight excluding hydrogens is 449 g/mol. The van der Waals surface area contributed by atoms with Gasteiger partial charge in [0.05, 0.1) is 36.2 Å². The van der Waals surface area contributed by atoms with Crippen molar-refractivity contribution in [3.05, 3.63) is 77.1 Å². The lowest BCUT2D eigenvalue weighted by molar-refractivity contribution is -0.00220. The van der Waals surface area contributed by atoms with Crippen molar-refractivity contribution in [3.8, 4) is 0 Å². The Morgan fingerprint density at radius 2 is 2.00 bits per heavy atom. The SMILES string of the molecule is O=C(NC1CCN(Cc2nnn3c2COC(c2ccc(F)cc2)C3)CC1)c1ccc2nc[nH]c2c1. The number of aromatic nitrogens is 5. The molecule has 4 heterocycles. The third-order valence-corrected chi connectivity index (χ3v) is 6.90. The number of likely N-dealkylation sites (tertiary alicyclic amines) is 1. The summed E-state index contributed by atoms with van der Waals surface area (Å²) in [7, 11) is 0. The van der Waals surface area contributed by atoms with Crippen LogP contribution in [-0.2, 0) is 24.4 Å². The van der Waals surface area contributed by atoms with E-state index in [-0.39, 0.29) is 23.9 Å². The van der Waals surface area contributed by atoms with E-state index in [1.165, 1.54) is 12.1 Å². The van der Waals surface area contributed by atoms with Crippen LogP contribution in [0.15, 0.2) is 48.8 Å². The van der Waals surface area contributed by atoms with E-state index < -0.39 is 0 Å². The number of benzene rings is 2. The Morgan fingerprint density at radius 1 is 1.17 bits per heavy atom. The lowest BCUT2D eigenvalue weighted by Gasteiger charge is -2.32. The van der Waals surface area contributed by atoms with Crippen molar-refractivity contribution in [1.29, 1.82) is 0 Å². The molecule has 0 aliphatic carbocycles. The summed E-state index contributed by atoms with van der Waals surface area (Å²) >= 11 is 0. The maximum atomic E-state index is 13.2. The smallest absolute Gasteiger partial charge is 0.251 e. The zero-order chi connectivity index (χ0) is 23.8. The largest absolute Gasteiger partial charge is 0.365 e. The minimum atomic E-state index is -0.257. The second-order valence-corrected chi connectivity index (χ2v) is 9.17. The van der Waals surface area contributed by atoms with E-state index in [0.717, 1.165) is 53.9 Å². The first-order valence-corrected chi connectivity index (χ1v) is 11.9. The minimum absolute atomic E-state index is 0.0554. The molecule has 6 rings (SSSR count). The molecule has 4 aromatic rings. The quantitative estimate of drug-likeness (QED) is 0.460. The van der Waals surface area contributed by atoms with Crippen LogP contribution < -0.4 is 5.32 Å². The molecule has 0 spiro atoms. The Kier molecular flexibility index (Phi) is 5.75. The van der Waals surface area contributed by atoms with Gasteiger partial charge in [0, 0.05) is 31.2 Å². The van der Waals surface area contributed by atoms with E-state index in [9.17, 15) is 9.18 Å². The predicted octanol–water partition coefficient (Wildman–Crippen LogP) is 2.96. The van der Waals surface area contributed by atoms with Gasteiger partial charge in [-0.05, 0) is 48.7 Å². The number of ether oxygens (including phenoxy) is 1. The maximum Gasteiger partial charge on any atom is 0.251 e. The minimum Gasteiger partial charge on any atom is -0.365 e. The van der Waals surface area contributed by atoms with Gasteiger partial charge in [-0.3, -0.25) is 9.69 Å². The number of imidazole rings is 1. The summed E-state index contributed by atoms with van der Waals surface area (Å²) in [5.41, 5.74) is 5.20. The summed E-state index contributed by atoms with van der Waals surface area (Å²) in [6, 6.07) is 12.0. The van der Waals surface area contributed by atoms with Crippen molar-refractivity contribution < 1.29 is 13.9 Å². The highest BCUT2D eigenvalue weighted by Crippen LogP contribution is 2.28. The Hall–Kier alpha value is -3.63. The average molecular weight is 476 g/mol. The highest BCUT2D eigenvalue weighted by atomic mass is 19.1. The monoisotopic (exact) mass is 475 g/mol. The number of nitrogens with zero attached hydrogens (tertiary/aromatic N) is 5. The van der Waals surface area contributed by atoms with Crippen molar-refractivity contribution in [2.45, 2.75) is 44.7 Å². The molecule has 0 radical (unpaired) electrons. The summed E-state index contributed by atoms with van der Waals surface area (Å²) < 4.78 is 21.2. The second-order valence-electron chi connectivity index (χ2n) is 9.17. The van der Waals surface area contributed by atoms with Gasteiger partial charge in [0.2, 0.25) is 0 Å². The number of hydrogen-bond acceptors (Lipinski definition) is 6. The van der Waals surface area contributed by atoms with Gasteiger partial charge < -0.3 is 15.0 Å². The molecule has 1 fully saturated rings. The topological polar surface area (TPSA) is 101 Å². The molecule has 0 bridgehead atoms. The van der Waals surface area contributed by atoms with Gasteiger partial charge in [-0.1, -0.05) is 17.3 Å². The van der Waals surface area contributed by atoms with Gasteiger partial charge in [-0.15, -0.1) is 5.10 Å². The van der Waals surface area contributed by atoms with Crippen molar-refractivity contribution in [2.24, 2.45) is 0 Å². The summed E-state index contributed by atoms with van der Waals surface area (Å²) in [5.74, 6) is -0.313. The highest BCUT2D eigenvalue weighted by molar-refractivity contribution is 5.97. The van der Waals surface area contributed by atoms with Crippen LogP contribution >= 0.6 is 0 Å². The van der Waals surface area contributed by atoms with E-state index in [1.807, 2.05) is 22.9 Å². The van der Waals surface area contributed by atoms with Crippen molar-refractivity contribution in [2.75, 3.05) is 13.1 Å². The molecule has 1 saturated heterocycles. The van der Waals surface area contributed by atoms with Crippen LogP contribution in [0, 0.1) is 5.82 Å². The van der Waals surface area contributed by atoms with Gasteiger partial charge in [0.25, 0.3) is 5.91 Å². The Labute approximate surface area is 201 Å². The molecular formula is C25H26FN7O2. The van der Waals surface area contributed by atoms with Crippen molar-refractivity contribution in [3.63, 3.8) is 0 Å². The summed E-state index contributed by atoms with van der Waals surface area (Å²) in [4.78, 5) is 22.3. The number of rotatable bonds is 5. The first-order valence-electron chi connectivity index (χ1n) is 11.9. The number of carbonyl (C=O) groups excluding carboxylic acids is 1. The van der Waals surface area contributed by atoms with Crippen LogP contribution in [0.5, 0.6) is 0 Å². The zero-order valence-corrected chi connectivity index (χ0v) is 19.2. The van der Waals surface area contributed by atoms with E-state index in [2.05, 4.69) is 30.5 Å². The molecule has 1 unspecified atom stereocenters. The van der Waals surface area contributed by atoms with Crippen molar-refractivity contribution >= 4 is 16.9 Å². The number of piperidine rings is 1. The molecule has 2 aliphatic heterocycles. The van der Waals surface area contributed by atoms with Gasteiger partial charge in [0.15, 0.2) is 0 Å². The number of nitrogens with one attached hydrogen (secondary N) is 2. The number of halogens is 1. The standard InChI is InChI=1S/C25H26FN7O2/c26-18-4-1-16(2-5-18)24-13-33-23(14-35-24)22(30-31-33)12-32-9-7-19(8-10-32)29-25(34)17-3-6-20-21(11-17)28-15-27-20/h1-6,11,15,19,24H,7-10,12-14H2,(H,27,28)(H,29,34). The zero-order valence-electron chi connectivity index (χ0n) is 19.2. The first-order chi connectivity index (χ1) is 17.1. The van der Waals surface area contributed by atoms with Gasteiger partial charge in [0.1, 0.15) is 17.6 Å². The molecule has 180 valence electrons. The molecule has 35 heavy (non-hydrogen) atoms. The summed E-state index contributed by atoms with van der Waals surface area (Å²) in [6.07, 6.45) is 3.23. The fraction of sp³-hybridized carbons (Fsp3) is 0.360. The molecule has 2 N–H and O–H groups in total. The number of H-pyrrole nitrogens is 1. The Bertz CT molecular complexity index is 1340. The molecule has 2 aromatic heterocycles. The fourth-order valence-corrected chi connectivity index (χ4v) is 4.86. The molecule has 10 heteroatoms. The average Bonchev–Trinajstić information content (AvgIpc) is 3.52. The fourth-order valence-electron chi connectivity index (χ4n) is 4.86. The van der Waals surface area contributed by atoms with Crippen LogP contribution in [-0.4, -0.2) is 54.9 Å². The third-order valence-electron chi connectivity index (χ3n) is 6.90. The number of carbonyl (C=O) groups is 1. The molecule has 1 amide bonds. The Morgan fingerprint density at radius 3 is 2.83 bits per heavy atom. The molecule has 1 atom stereocenters. The normalized spacial score (nSPS) is 19.1. The number of hydrogen-bond donors (Lipinski definition) is 2. The summed E-state index contributed by atoms with van der Waals surface area (Å²) in [5, 5.41) is 11.9. The maximum absolute atomic E-state index is 13.2. The van der Waals surface area contributed by atoms with E-state index in [0.29, 0.717) is 25.3 Å². The van der Waals surface area contributed by atoms with Crippen LogP contribution in [0.4, 0.5) is 4.39 Å². The van der Waals surface area contributed by atoms with Gasteiger partial charge in [-0.2, -0.15) is 0 Å². The van der Waals surface area contributed by atoms with E-state index in [4.69, 9.17) is 4.74 Å². The molecule has 2 aliphatic rings. The predicted molar refractivity (Wildman–Crippen MR) is 126 cm³/mol. The van der Waals surface area contributed by atoms with Gasteiger partial charge >= 0.3 is 0 Å². The van der Waals surface area contributed by atoms with E-state index >= 15 is 0 Å². The molecule has 9 nitrogen and oxygen atoms in total. The van der Waals surface area contributed by atoms with Gasteiger partial charge in [-0.25, -0.2) is 14.1 Å². The van der Waals surface area contributed by atoms with Crippen LogP contribution in [0.25, 0.3) is 11.0 Å². The molecule has 0 saturated carbocycles. The third kappa shape index (κ3) is 4.54. The lowest BCUT2D eigenvalue weighted by Crippen LogP contribution is -2.44. The van der Waals surface area contributed by atoms with Crippen LogP contribution in [0.1, 0.15) is 46.3 Å². The van der Waals surface area contributed by atoms with Crippen LogP contribution in [0.2, 0.25) is 0 Å². The summed E-state index contributed by atoms with van der Waals surface area (Å²) in [6.45, 7) is 3.44. The lowest BCUT2D eigenvalue weighted by atomic mass is 10.0. The van der Waals surface area contributed by atoms with Crippen LogP contribution in [0.3, 0.4) is 0 Å². The molecule has 2 aromatic carbocycles. The van der Waals surface area contributed by atoms with Crippen molar-refractivity contribution in [1.82, 2.24) is 35.2 Å². The first kappa shape index (κ1) is 21.9. The van der Waals surface area contributed by atoms with E-state index in [1.54, 1.807) is 18.5 Å². The number of fused-ring (bicyclic) bond motifs is 2. The Balaban J connectivity index is 1.02. The number of aromatic amines is 1. The number of amides is 1. The highest BCUT2D eigenvalue weighted by Gasteiger charge is 2.27.